The van der Waals surface area contributed by atoms with Crippen LogP contribution in [0.4, 0.5) is 11.4 Å². The lowest BCUT2D eigenvalue weighted by Crippen LogP contribution is -2.22. The number of anilines is 2. The average Bonchev–Trinajstić information content (AvgIpc) is 2.98. The Morgan fingerprint density at radius 1 is 0.667 bits per heavy atom. The second-order valence-corrected chi connectivity index (χ2v) is 10.7. The van der Waals surface area contributed by atoms with E-state index in [9.17, 15) is 0 Å². The molecule has 1 aliphatic rings. The molecule has 7 rings (SSSR count). The van der Waals surface area contributed by atoms with Gasteiger partial charge in [-0.05, 0) is 79.7 Å². The van der Waals surface area contributed by atoms with Crippen molar-refractivity contribution in [3.05, 3.63) is 145 Å². The van der Waals surface area contributed by atoms with Gasteiger partial charge in [0.2, 0.25) is 0 Å². The Labute approximate surface area is 229 Å². The Bertz CT molecular complexity index is 1890. The molecule has 3 N–H and O–H groups in total. The minimum atomic E-state index is -0.158. The minimum Gasteiger partial charge on any atom is -0.397 e. The maximum absolute atomic E-state index is 6.19. The highest BCUT2D eigenvalue weighted by molar-refractivity contribution is 6.16. The van der Waals surface area contributed by atoms with Crippen molar-refractivity contribution in [3.63, 3.8) is 0 Å². The summed E-state index contributed by atoms with van der Waals surface area (Å²) in [4.78, 5) is 0. The molecule has 0 aliphatic heterocycles. The van der Waals surface area contributed by atoms with Crippen LogP contribution >= 0.6 is 0 Å². The molecule has 2 nitrogen and oxygen atoms in total. The highest BCUT2D eigenvalue weighted by Crippen LogP contribution is 2.46. The van der Waals surface area contributed by atoms with Gasteiger partial charge in [-0.15, -0.1) is 0 Å². The van der Waals surface area contributed by atoms with Crippen LogP contribution in [0.5, 0.6) is 0 Å². The van der Waals surface area contributed by atoms with Gasteiger partial charge in [-0.3, -0.25) is 0 Å². The molecule has 6 aromatic carbocycles. The Kier molecular flexibility index (Phi) is 5.49. The fraction of sp³-hybridized carbons (Fsp3) is 0.0811. The number of nitrogen functional groups attached to an aromatic ring is 1. The van der Waals surface area contributed by atoms with E-state index >= 15 is 0 Å². The van der Waals surface area contributed by atoms with Gasteiger partial charge in [0.1, 0.15) is 0 Å². The zero-order chi connectivity index (χ0) is 26.4. The first-order valence-corrected chi connectivity index (χ1v) is 13.5. The van der Waals surface area contributed by atoms with Crippen LogP contribution < -0.4 is 11.1 Å². The van der Waals surface area contributed by atoms with E-state index in [1.807, 2.05) is 24.3 Å². The molecule has 2 heteroatoms. The lowest BCUT2D eigenvalue weighted by Gasteiger charge is -2.32. The molecule has 0 bridgehead atoms. The first-order chi connectivity index (χ1) is 19.1. The zero-order valence-electron chi connectivity index (χ0n) is 22.0. The Hall–Kier alpha value is -4.82. The molecule has 0 aromatic heterocycles. The van der Waals surface area contributed by atoms with Gasteiger partial charge in [0.25, 0.3) is 0 Å². The molecular formula is C37H30N2. The summed E-state index contributed by atoms with van der Waals surface area (Å²) in [5.74, 6) is 0. The van der Waals surface area contributed by atoms with Gasteiger partial charge in [0, 0.05) is 11.1 Å². The van der Waals surface area contributed by atoms with Crippen LogP contribution in [-0.2, 0) is 5.41 Å². The topological polar surface area (TPSA) is 38.0 Å². The fourth-order valence-corrected chi connectivity index (χ4v) is 6.18. The molecule has 1 aliphatic carbocycles. The quantitative estimate of drug-likeness (QED) is 0.186. The van der Waals surface area contributed by atoms with Crippen molar-refractivity contribution in [3.8, 4) is 11.1 Å². The van der Waals surface area contributed by atoms with E-state index in [2.05, 4.69) is 121 Å². The normalized spacial score (nSPS) is 17.0. The van der Waals surface area contributed by atoms with Gasteiger partial charge in [-0.2, -0.15) is 0 Å². The summed E-state index contributed by atoms with van der Waals surface area (Å²) in [5, 5.41) is 11.2. The van der Waals surface area contributed by atoms with Crippen LogP contribution in [0, 0.1) is 0 Å². The fourth-order valence-electron chi connectivity index (χ4n) is 6.18. The maximum Gasteiger partial charge on any atom is 0.0617 e. The predicted octanol–water partition coefficient (Wildman–Crippen LogP) is 9.61. The maximum atomic E-state index is 6.19. The van der Waals surface area contributed by atoms with E-state index < -0.39 is 0 Å². The number of nitrogens with two attached hydrogens (primary N) is 1. The summed E-state index contributed by atoms with van der Waals surface area (Å²) < 4.78 is 0. The Morgan fingerprint density at radius 3 is 1.95 bits per heavy atom. The minimum absolute atomic E-state index is 0.158. The highest BCUT2D eigenvalue weighted by Gasteiger charge is 2.30. The summed E-state index contributed by atoms with van der Waals surface area (Å²) in [7, 11) is 0. The molecule has 39 heavy (non-hydrogen) atoms. The smallest absolute Gasteiger partial charge is 0.0617 e. The standard InChI is InChI=1S/C37H30N2/c1-37(22-20-28(21-23-37)39-34-17-9-8-16-33(34)38)36-31-14-6-4-12-29(31)35(30-13-5-7-15-32(30)36)27-19-18-25-10-2-3-11-26(25)24-27/h2-22,24,39H,23,38H2,1H3. The summed E-state index contributed by atoms with van der Waals surface area (Å²) in [6.07, 6.45) is 7.75. The first kappa shape index (κ1) is 23.3. The lowest BCUT2D eigenvalue weighted by molar-refractivity contribution is 0.607. The molecule has 0 saturated heterocycles. The number of allylic oxidation sites excluding steroid dienone is 3. The van der Waals surface area contributed by atoms with Crippen molar-refractivity contribution in [2.75, 3.05) is 11.1 Å². The summed E-state index contributed by atoms with van der Waals surface area (Å²) in [5.41, 5.74) is 12.7. The van der Waals surface area contributed by atoms with E-state index in [1.54, 1.807) is 0 Å². The summed E-state index contributed by atoms with van der Waals surface area (Å²) >= 11 is 0. The molecule has 0 amide bonds. The number of hydrogen-bond donors (Lipinski definition) is 2. The number of fused-ring (bicyclic) bond motifs is 3. The molecule has 0 saturated carbocycles. The molecule has 0 heterocycles. The first-order valence-electron chi connectivity index (χ1n) is 13.5. The van der Waals surface area contributed by atoms with Gasteiger partial charge in [0.05, 0.1) is 11.4 Å². The van der Waals surface area contributed by atoms with Crippen LogP contribution in [0.1, 0.15) is 18.9 Å². The van der Waals surface area contributed by atoms with E-state index in [1.165, 1.54) is 49.0 Å². The van der Waals surface area contributed by atoms with Gasteiger partial charge in [-0.25, -0.2) is 0 Å². The molecule has 1 unspecified atom stereocenters. The van der Waals surface area contributed by atoms with Crippen molar-refractivity contribution in [1.82, 2.24) is 0 Å². The predicted molar refractivity (Wildman–Crippen MR) is 168 cm³/mol. The number of rotatable bonds is 4. The van der Waals surface area contributed by atoms with Crippen LogP contribution in [0.25, 0.3) is 43.4 Å². The molecule has 6 aromatic rings. The van der Waals surface area contributed by atoms with Gasteiger partial charge < -0.3 is 11.1 Å². The monoisotopic (exact) mass is 502 g/mol. The summed E-state index contributed by atoms with van der Waals surface area (Å²) in [6.45, 7) is 2.36. The van der Waals surface area contributed by atoms with Gasteiger partial charge in [0.15, 0.2) is 0 Å². The molecule has 188 valence electrons. The van der Waals surface area contributed by atoms with Crippen molar-refractivity contribution < 1.29 is 0 Å². The van der Waals surface area contributed by atoms with Gasteiger partial charge in [-0.1, -0.05) is 116 Å². The van der Waals surface area contributed by atoms with Crippen LogP contribution in [0.3, 0.4) is 0 Å². The molecular weight excluding hydrogens is 472 g/mol. The third-order valence-electron chi connectivity index (χ3n) is 8.16. The zero-order valence-corrected chi connectivity index (χ0v) is 22.0. The van der Waals surface area contributed by atoms with E-state index in [4.69, 9.17) is 5.73 Å². The Balaban J connectivity index is 1.40. The highest BCUT2D eigenvalue weighted by atomic mass is 14.9. The summed E-state index contributed by atoms with van der Waals surface area (Å²) in [6, 6.07) is 41.2. The van der Waals surface area contributed by atoms with Crippen molar-refractivity contribution in [1.29, 1.82) is 0 Å². The van der Waals surface area contributed by atoms with Gasteiger partial charge >= 0.3 is 0 Å². The number of benzene rings is 6. The molecule has 0 radical (unpaired) electrons. The number of nitrogens with one attached hydrogen (secondary N) is 1. The van der Waals surface area contributed by atoms with Crippen LogP contribution in [0.15, 0.2) is 139 Å². The largest absolute Gasteiger partial charge is 0.397 e. The molecule has 0 spiro atoms. The second kappa shape index (κ2) is 9.18. The SMILES string of the molecule is CC1(c2c3ccccc3c(-c3ccc4ccccc4c3)c3ccccc23)C=CC(Nc2ccccc2N)=CC1. The molecule has 0 fully saturated rings. The second-order valence-electron chi connectivity index (χ2n) is 10.7. The average molecular weight is 503 g/mol. The number of hydrogen-bond acceptors (Lipinski definition) is 2. The van der Waals surface area contributed by atoms with Crippen molar-refractivity contribution in [2.24, 2.45) is 0 Å². The van der Waals surface area contributed by atoms with E-state index in [0.717, 1.165) is 23.5 Å². The van der Waals surface area contributed by atoms with E-state index in [-0.39, 0.29) is 5.41 Å². The van der Waals surface area contributed by atoms with Crippen LogP contribution in [0.2, 0.25) is 0 Å². The molecule has 1 atom stereocenters. The third kappa shape index (κ3) is 3.97. The number of para-hydroxylation sites is 2. The van der Waals surface area contributed by atoms with Crippen molar-refractivity contribution in [2.45, 2.75) is 18.8 Å². The van der Waals surface area contributed by atoms with E-state index in [0.29, 0.717) is 0 Å². The van der Waals surface area contributed by atoms with Crippen molar-refractivity contribution >= 4 is 43.7 Å². The lowest BCUT2D eigenvalue weighted by atomic mass is 9.72. The third-order valence-corrected chi connectivity index (χ3v) is 8.16. The Morgan fingerprint density at radius 2 is 1.28 bits per heavy atom. The van der Waals surface area contributed by atoms with Crippen LogP contribution in [-0.4, -0.2) is 0 Å².